The molecule has 1 aromatic rings. The zero-order chi connectivity index (χ0) is 19.3. The Morgan fingerprint density at radius 2 is 1.92 bits per heavy atom. The molecule has 1 amide bonds. The molecular formula is C19H21NO6. The third-order valence-electron chi connectivity index (χ3n) is 4.51. The molecule has 2 atom stereocenters. The van der Waals surface area contributed by atoms with E-state index in [2.05, 4.69) is 11.8 Å². The Labute approximate surface area is 151 Å². The highest BCUT2D eigenvalue weighted by Gasteiger charge is 2.43. The molecule has 138 valence electrons. The lowest BCUT2D eigenvalue weighted by Crippen LogP contribution is -2.47. The first-order valence-electron chi connectivity index (χ1n) is 8.23. The van der Waals surface area contributed by atoms with Crippen molar-refractivity contribution < 1.29 is 29.7 Å². The van der Waals surface area contributed by atoms with Gasteiger partial charge in [-0.3, -0.25) is 9.59 Å². The molecule has 0 aromatic heterocycles. The van der Waals surface area contributed by atoms with Crippen LogP contribution in [0.4, 0.5) is 0 Å². The Balaban J connectivity index is 2.29. The SMILES string of the molecule is CC#CCN(C(=O)CC(O)(CC(=O)O)C(=O)O)C1CCc2ccccc21. The summed E-state index contributed by atoms with van der Waals surface area (Å²) in [5.74, 6) is 1.64. The topological polar surface area (TPSA) is 115 Å². The van der Waals surface area contributed by atoms with Crippen LogP contribution in [0, 0.1) is 11.8 Å². The number of benzene rings is 1. The van der Waals surface area contributed by atoms with Crippen molar-refractivity contribution in [3.8, 4) is 11.8 Å². The van der Waals surface area contributed by atoms with Gasteiger partial charge < -0.3 is 20.2 Å². The number of hydrogen-bond donors (Lipinski definition) is 3. The number of amides is 1. The van der Waals surface area contributed by atoms with Gasteiger partial charge in [0.15, 0.2) is 5.60 Å². The largest absolute Gasteiger partial charge is 0.481 e. The van der Waals surface area contributed by atoms with Crippen LogP contribution in [-0.4, -0.2) is 50.2 Å². The first-order valence-corrected chi connectivity index (χ1v) is 8.23. The summed E-state index contributed by atoms with van der Waals surface area (Å²) in [6.45, 7) is 1.71. The highest BCUT2D eigenvalue weighted by Crippen LogP contribution is 2.36. The number of carboxylic acid groups (broad SMARTS) is 2. The van der Waals surface area contributed by atoms with Crippen LogP contribution < -0.4 is 0 Å². The lowest BCUT2D eigenvalue weighted by molar-refractivity contribution is -0.169. The summed E-state index contributed by atoms with van der Waals surface area (Å²) < 4.78 is 0. The first kappa shape index (κ1) is 19.5. The molecule has 7 nitrogen and oxygen atoms in total. The van der Waals surface area contributed by atoms with Gasteiger partial charge in [-0.05, 0) is 30.9 Å². The molecule has 1 aliphatic rings. The number of rotatable bonds is 7. The summed E-state index contributed by atoms with van der Waals surface area (Å²) >= 11 is 0. The predicted octanol–water partition coefficient (Wildman–Crippen LogP) is 1.21. The molecule has 0 bridgehead atoms. The van der Waals surface area contributed by atoms with Crippen molar-refractivity contribution in [1.82, 2.24) is 4.90 Å². The molecule has 3 N–H and O–H groups in total. The standard InChI is InChI=1S/C19H21NO6/c1-2-3-10-20(15-9-8-13-6-4-5-7-14(13)15)16(21)11-19(26,18(24)25)12-17(22)23/h4-7,15,26H,8-12H2,1H3,(H,22,23)(H,24,25). The molecule has 1 aromatic carbocycles. The van der Waals surface area contributed by atoms with Crippen molar-refractivity contribution in [3.05, 3.63) is 35.4 Å². The van der Waals surface area contributed by atoms with E-state index in [1.165, 1.54) is 4.90 Å². The van der Waals surface area contributed by atoms with Crippen molar-refractivity contribution >= 4 is 17.8 Å². The minimum atomic E-state index is -2.65. The Morgan fingerprint density at radius 3 is 2.54 bits per heavy atom. The minimum absolute atomic E-state index is 0.0805. The number of carbonyl (C=O) groups is 3. The number of carbonyl (C=O) groups excluding carboxylic acids is 1. The lowest BCUT2D eigenvalue weighted by Gasteiger charge is -2.31. The van der Waals surface area contributed by atoms with E-state index < -0.39 is 36.3 Å². The van der Waals surface area contributed by atoms with E-state index in [-0.39, 0.29) is 12.6 Å². The van der Waals surface area contributed by atoms with Crippen LogP contribution in [0.2, 0.25) is 0 Å². The first-order chi connectivity index (χ1) is 12.3. The fourth-order valence-corrected chi connectivity index (χ4v) is 3.21. The fraction of sp³-hybridized carbons (Fsp3) is 0.421. The van der Waals surface area contributed by atoms with Crippen LogP contribution in [0.15, 0.2) is 24.3 Å². The summed E-state index contributed by atoms with van der Waals surface area (Å²) in [6.07, 6.45) is -0.426. The maximum atomic E-state index is 12.8. The second-order valence-electron chi connectivity index (χ2n) is 6.29. The zero-order valence-corrected chi connectivity index (χ0v) is 14.4. The summed E-state index contributed by atoms with van der Waals surface area (Å²) in [7, 11) is 0. The van der Waals surface area contributed by atoms with Gasteiger partial charge in [0, 0.05) is 0 Å². The van der Waals surface area contributed by atoms with Crippen LogP contribution >= 0.6 is 0 Å². The number of hydrogen-bond acceptors (Lipinski definition) is 4. The Kier molecular flexibility index (Phi) is 6.01. The molecule has 26 heavy (non-hydrogen) atoms. The van der Waals surface area contributed by atoms with Gasteiger partial charge >= 0.3 is 11.9 Å². The third kappa shape index (κ3) is 4.21. The van der Waals surface area contributed by atoms with Gasteiger partial charge in [0.05, 0.1) is 25.4 Å². The van der Waals surface area contributed by atoms with Gasteiger partial charge in [0.2, 0.25) is 5.91 Å². The second kappa shape index (κ2) is 8.02. The Morgan fingerprint density at radius 1 is 1.23 bits per heavy atom. The Bertz CT molecular complexity index is 778. The molecule has 0 heterocycles. The highest BCUT2D eigenvalue weighted by atomic mass is 16.4. The number of aliphatic carboxylic acids is 2. The van der Waals surface area contributed by atoms with Crippen LogP contribution in [-0.2, 0) is 20.8 Å². The van der Waals surface area contributed by atoms with Crippen molar-refractivity contribution in [3.63, 3.8) is 0 Å². The van der Waals surface area contributed by atoms with Crippen LogP contribution in [0.1, 0.15) is 43.4 Å². The van der Waals surface area contributed by atoms with Gasteiger partial charge in [-0.15, -0.1) is 5.92 Å². The molecule has 0 saturated heterocycles. The molecular weight excluding hydrogens is 338 g/mol. The molecule has 7 heteroatoms. The summed E-state index contributed by atoms with van der Waals surface area (Å²) in [4.78, 5) is 36.4. The number of fused-ring (bicyclic) bond motifs is 1. The Hall–Kier alpha value is -2.85. The number of aliphatic hydroxyl groups is 1. The van der Waals surface area contributed by atoms with E-state index in [0.29, 0.717) is 6.42 Å². The van der Waals surface area contributed by atoms with Crippen molar-refractivity contribution in [2.45, 2.75) is 44.2 Å². The molecule has 1 aliphatic carbocycles. The van der Waals surface area contributed by atoms with E-state index in [0.717, 1.165) is 17.5 Å². The van der Waals surface area contributed by atoms with Gasteiger partial charge in [0.25, 0.3) is 0 Å². The number of carboxylic acids is 2. The predicted molar refractivity (Wildman–Crippen MR) is 92.1 cm³/mol. The van der Waals surface area contributed by atoms with Gasteiger partial charge in [-0.1, -0.05) is 30.2 Å². The zero-order valence-electron chi connectivity index (χ0n) is 14.4. The summed E-state index contributed by atoms with van der Waals surface area (Å²) in [5, 5.41) is 28.2. The number of aryl methyl sites for hydroxylation is 1. The molecule has 2 rings (SSSR count). The summed E-state index contributed by atoms with van der Waals surface area (Å²) in [5.41, 5.74) is -0.575. The van der Waals surface area contributed by atoms with Gasteiger partial charge in [0.1, 0.15) is 0 Å². The molecule has 0 fully saturated rings. The van der Waals surface area contributed by atoms with E-state index >= 15 is 0 Å². The fourth-order valence-electron chi connectivity index (χ4n) is 3.21. The van der Waals surface area contributed by atoms with Crippen molar-refractivity contribution in [2.75, 3.05) is 6.54 Å². The average Bonchev–Trinajstić information content (AvgIpc) is 2.98. The smallest absolute Gasteiger partial charge is 0.336 e. The number of nitrogens with zero attached hydrogens (tertiary/aromatic N) is 1. The van der Waals surface area contributed by atoms with E-state index in [9.17, 15) is 24.6 Å². The monoisotopic (exact) mass is 359 g/mol. The molecule has 2 unspecified atom stereocenters. The van der Waals surface area contributed by atoms with Crippen molar-refractivity contribution in [2.24, 2.45) is 0 Å². The maximum absolute atomic E-state index is 12.8. The van der Waals surface area contributed by atoms with E-state index in [1.807, 2.05) is 24.3 Å². The van der Waals surface area contributed by atoms with Gasteiger partial charge in [-0.2, -0.15) is 0 Å². The molecule has 0 spiro atoms. The second-order valence-corrected chi connectivity index (χ2v) is 6.29. The molecule has 0 saturated carbocycles. The van der Waals surface area contributed by atoms with Crippen LogP contribution in [0.3, 0.4) is 0 Å². The highest BCUT2D eigenvalue weighted by molar-refractivity contribution is 5.90. The molecule has 0 aliphatic heterocycles. The molecule has 0 radical (unpaired) electrons. The maximum Gasteiger partial charge on any atom is 0.336 e. The van der Waals surface area contributed by atoms with Gasteiger partial charge in [-0.25, -0.2) is 4.79 Å². The van der Waals surface area contributed by atoms with E-state index in [4.69, 9.17) is 5.11 Å². The van der Waals surface area contributed by atoms with Crippen molar-refractivity contribution in [1.29, 1.82) is 0 Å². The average molecular weight is 359 g/mol. The van der Waals surface area contributed by atoms with Crippen LogP contribution in [0.5, 0.6) is 0 Å². The third-order valence-corrected chi connectivity index (χ3v) is 4.51. The quantitative estimate of drug-likeness (QED) is 0.630. The lowest BCUT2D eigenvalue weighted by atomic mass is 9.94. The van der Waals surface area contributed by atoms with E-state index in [1.54, 1.807) is 6.92 Å². The normalized spacial score (nSPS) is 17.4. The van der Waals surface area contributed by atoms with Crippen LogP contribution in [0.25, 0.3) is 0 Å². The minimum Gasteiger partial charge on any atom is -0.481 e. The summed E-state index contributed by atoms with van der Waals surface area (Å²) in [6, 6.07) is 7.38.